The molecule has 0 bridgehead atoms. The number of thioether (sulfide) groups is 1. The van der Waals surface area contributed by atoms with Crippen molar-refractivity contribution in [2.45, 2.75) is 29.9 Å². The molecule has 5 rings (SSSR count). The molecule has 0 aliphatic carbocycles. The molecule has 238 valence electrons. The molecule has 0 spiro atoms. The number of unbranched alkanes of at least 4 members (excludes halogenated alkanes) is 1. The van der Waals surface area contributed by atoms with Crippen molar-refractivity contribution in [3.05, 3.63) is 150 Å². The average molecular weight is 646 g/mol. The lowest BCUT2D eigenvalue weighted by Gasteiger charge is -2.18. The van der Waals surface area contributed by atoms with Gasteiger partial charge in [-0.2, -0.15) is 0 Å². The number of benzene rings is 4. The minimum atomic E-state index is -0.534. The fourth-order valence-corrected chi connectivity index (χ4v) is 5.51. The zero-order valence-electron chi connectivity index (χ0n) is 25.8. The van der Waals surface area contributed by atoms with Crippen molar-refractivity contribution < 1.29 is 23.5 Å². The molecule has 3 N–H and O–H groups in total. The predicted octanol–water partition coefficient (Wildman–Crippen LogP) is 8.34. The number of carbonyl (C=O) groups is 3. The second kappa shape index (κ2) is 16.7. The molecule has 0 saturated carbocycles. The number of carbonyl (C=O) groups excluding carboxylic acids is 3. The van der Waals surface area contributed by atoms with Crippen LogP contribution in [0.2, 0.25) is 0 Å². The topological polar surface area (TPSA) is 110 Å². The van der Waals surface area contributed by atoms with Crippen molar-refractivity contribution in [3.63, 3.8) is 0 Å². The van der Waals surface area contributed by atoms with E-state index in [0.717, 1.165) is 29.1 Å². The first-order valence-corrected chi connectivity index (χ1v) is 16.1. The van der Waals surface area contributed by atoms with E-state index in [9.17, 15) is 14.4 Å². The molecule has 3 amide bonds. The second-order valence-corrected chi connectivity index (χ2v) is 11.7. The minimum Gasteiger partial charge on any atom is -0.494 e. The van der Waals surface area contributed by atoms with Crippen LogP contribution in [0.3, 0.4) is 0 Å². The van der Waals surface area contributed by atoms with E-state index in [1.165, 1.54) is 24.1 Å². The Labute approximate surface area is 278 Å². The van der Waals surface area contributed by atoms with Gasteiger partial charge in [-0.05, 0) is 84.8 Å². The van der Waals surface area contributed by atoms with Gasteiger partial charge in [0.2, 0.25) is 5.91 Å². The quantitative estimate of drug-likeness (QED) is 0.0636. The highest BCUT2D eigenvalue weighted by atomic mass is 32.2. The summed E-state index contributed by atoms with van der Waals surface area (Å²) < 4.78 is 11.1. The lowest BCUT2D eigenvalue weighted by atomic mass is 10.1. The molecule has 5 aromatic rings. The first-order chi connectivity index (χ1) is 23.0. The summed E-state index contributed by atoms with van der Waals surface area (Å²) in [5, 5.41) is 8.02. The van der Waals surface area contributed by atoms with E-state index >= 15 is 0 Å². The van der Waals surface area contributed by atoms with Crippen LogP contribution in [0.5, 0.6) is 5.75 Å². The van der Waals surface area contributed by atoms with Gasteiger partial charge in [-0.3, -0.25) is 14.4 Å². The molecule has 1 unspecified atom stereocenters. The summed E-state index contributed by atoms with van der Waals surface area (Å²) in [5.74, 6) is 0.0674. The van der Waals surface area contributed by atoms with Crippen LogP contribution >= 0.6 is 11.8 Å². The minimum absolute atomic E-state index is 0.0219. The molecular weight excluding hydrogens is 611 g/mol. The Bertz CT molecular complexity index is 1770. The van der Waals surface area contributed by atoms with E-state index in [4.69, 9.17) is 9.15 Å². The summed E-state index contributed by atoms with van der Waals surface area (Å²) in [6, 6.07) is 36.1. The van der Waals surface area contributed by atoms with Gasteiger partial charge in [0.15, 0.2) is 0 Å². The number of nitrogens with one attached hydrogen (secondary N) is 3. The van der Waals surface area contributed by atoms with Gasteiger partial charge >= 0.3 is 0 Å². The van der Waals surface area contributed by atoms with E-state index in [1.54, 1.807) is 48.5 Å². The molecule has 1 heterocycles. The summed E-state index contributed by atoms with van der Waals surface area (Å²) >= 11 is 1.40. The lowest BCUT2D eigenvalue weighted by Crippen LogP contribution is -2.30. The van der Waals surface area contributed by atoms with Gasteiger partial charge in [-0.15, -0.1) is 11.8 Å². The van der Waals surface area contributed by atoms with Gasteiger partial charge < -0.3 is 25.1 Å². The summed E-state index contributed by atoms with van der Waals surface area (Å²) in [5.41, 5.74) is 2.48. The van der Waals surface area contributed by atoms with Crippen LogP contribution in [0.25, 0.3) is 6.08 Å². The Morgan fingerprint density at radius 1 is 0.787 bits per heavy atom. The van der Waals surface area contributed by atoms with Crippen LogP contribution < -0.4 is 20.7 Å². The molecular formula is C38H35N3O5S. The Hall–Kier alpha value is -5.54. The normalized spacial score (nSPS) is 11.7. The third-order valence-corrected chi connectivity index (χ3v) is 8.22. The molecule has 4 aromatic carbocycles. The molecule has 47 heavy (non-hydrogen) atoms. The highest BCUT2D eigenvalue weighted by Gasteiger charge is 2.23. The van der Waals surface area contributed by atoms with Gasteiger partial charge in [0, 0.05) is 27.9 Å². The van der Waals surface area contributed by atoms with Gasteiger partial charge in [0.05, 0.1) is 12.9 Å². The summed E-state index contributed by atoms with van der Waals surface area (Å²) in [7, 11) is 0. The van der Waals surface area contributed by atoms with E-state index in [-0.39, 0.29) is 11.6 Å². The number of anilines is 2. The molecule has 9 heteroatoms. The first kappa shape index (κ1) is 32.8. The molecule has 0 radical (unpaired) electrons. The third kappa shape index (κ3) is 9.72. The number of furan rings is 1. The maximum atomic E-state index is 13.6. The Morgan fingerprint density at radius 3 is 2.11 bits per heavy atom. The maximum absolute atomic E-state index is 13.6. The molecule has 8 nitrogen and oxygen atoms in total. The van der Waals surface area contributed by atoms with Gasteiger partial charge in [0.25, 0.3) is 11.8 Å². The SMILES string of the molecule is CCCCOc1ccc(NC(=O)C(Sc2ccc(NC(=O)/C(=C/c3ccco3)NC(=O)c3ccccc3)cc2)c2ccccc2)cc1. The van der Waals surface area contributed by atoms with Crippen LogP contribution in [-0.4, -0.2) is 24.3 Å². The number of amides is 3. The Morgan fingerprint density at radius 2 is 1.45 bits per heavy atom. The second-order valence-electron chi connectivity index (χ2n) is 10.5. The molecule has 0 aliphatic rings. The molecule has 0 saturated heterocycles. The number of hydrogen-bond donors (Lipinski definition) is 3. The van der Waals surface area contributed by atoms with Gasteiger partial charge in [-0.25, -0.2) is 0 Å². The molecule has 1 aromatic heterocycles. The van der Waals surface area contributed by atoms with E-state index in [1.807, 2.05) is 72.8 Å². The van der Waals surface area contributed by atoms with Gasteiger partial charge in [0.1, 0.15) is 22.5 Å². The monoisotopic (exact) mass is 645 g/mol. The first-order valence-electron chi connectivity index (χ1n) is 15.3. The fraction of sp³-hybridized carbons (Fsp3) is 0.132. The third-order valence-electron chi connectivity index (χ3n) is 6.95. The molecule has 0 fully saturated rings. The smallest absolute Gasteiger partial charge is 0.272 e. The number of hydrogen-bond acceptors (Lipinski definition) is 6. The van der Waals surface area contributed by atoms with Crippen LogP contribution in [0.4, 0.5) is 11.4 Å². The zero-order valence-corrected chi connectivity index (χ0v) is 26.7. The summed E-state index contributed by atoms with van der Waals surface area (Å²) in [4.78, 5) is 40.5. The highest BCUT2D eigenvalue weighted by Crippen LogP contribution is 2.37. The highest BCUT2D eigenvalue weighted by molar-refractivity contribution is 8.00. The molecule has 0 aliphatic heterocycles. The average Bonchev–Trinajstić information content (AvgIpc) is 3.62. The van der Waals surface area contributed by atoms with Crippen LogP contribution in [0, 0.1) is 0 Å². The van der Waals surface area contributed by atoms with Crippen LogP contribution in [-0.2, 0) is 9.59 Å². The summed E-state index contributed by atoms with van der Waals surface area (Å²) in [6.07, 6.45) is 5.00. The maximum Gasteiger partial charge on any atom is 0.272 e. The van der Waals surface area contributed by atoms with Crippen molar-refractivity contribution >= 4 is 46.9 Å². The number of rotatable bonds is 14. The number of ether oxygens (including phenoxy) is 1. The van der Waals surface area contributed by atoms with E-state index in [2.05, 4.69) is 22.9 Å². The van der Waals surface area contributed by atoms with E-state index in [0.29, 0.717) is 29.3 Å². The fourth-order valence-electron chi connectivity index (χ4n) is 4.49. The lowest BCUT2D eigenvalue weighted by molar-refractivity contribution is -0.116. The van der Waals surface area contributed by atoms with Gasteiger partial charge in [-0.1, -0.05) is 61.9 Å². The Balaban J connectivity index is 1.26. The van der Waals surface area contributed by atoms with E-state index < -0.39 is 17.1 Å². The van der Waals surface area contributed by atoms with Crippen LogP contribution in [0.1, 0.15) is 46.7 Å². The largest absolute Gasteiger partial charge is 0.494 e. The van der Waals surface area contributed by atoms with Crippen molar-refractivity contribution in [2.75, 3.05) is 17.2 Å². The molecule has 1 atom stereocenters. The standard InChI is InChI=1S/C38H35N3O5S/c1-2-3-24-45-31-20-16-29(17-21-31)40-38(44)35(27-11-6-4-7-12-27)47-33-22-18-30(19-23-33)39-37(43)34(26-32-15-10-25-46-32)41-36(42)28-13-8-5-9-14-28/h4-23,25-26,35H,2-3,24H2,1H3,(H,39,43)(H,40,44)(H,41,42)/b34-26-. The predicted molar refractivity (Wildman–Crippen MR) is 186 cm³/mol. The Kier molecular flexibility index (Phi) is 11.7. The summed E-state index contributed by atoms with van der Waals surface area (Å²) in [6.45, 7) is 2.77. The van der Waals surface area contributed by atoms with Crippen molar-refractivity contribution in [1.29, 1.82) is 0 Å². The zero-order chi connectivity index (χ0) is 32.8. The van der Waals surface area contributed by atoms with Crippen molar-refractivity contribution in [1.82, 2.24) is 5.32 Å². The van der Waals surface area contributed by atoms with Crippen LogP contribution in [0.15, 0.2) is 143 Å². The van der Waals surface area contributed by atoms with Crippen molar-refractivity contribution in [2.24, 2.45) is 0 Å². The van der Waals surface area contributed by atoms with Crippen molar-refractivity contribution in [3.8, 4) is 5.75 Å².